The van der Waals surface area contributed by atoms with Gasteiger partial charge in [-0.1, -0.05) is 23.7 Å². The van der Waals surface area contributed by atoms with Gasteiger partial charge in [-0.3, -0.25) is 0 Å². The zero-order valence-corrected chi connectivity index (χ0v) is 14.0. The maximum atomic E-state index is 12.6. The van der Waals surface area contributed by atoms with E-state index in [1.807, 2.05) is 12.1 Å². The fraction of sp³-hybridized carbons (Fsp3) is 0.312. The molecular weight excluding hydrogens is 336 g/mol. The topological polar surface area (TPSA) is 59.5 Å². The highest BCUT2D eigenvalue weighted by molar-refractivity contribution is 7.89. The summed E-state index contributed by atoms with van der Waals surface area (Å²) >= 11 is 5.89. The summed E-state index contributed by atoms with van der Waals surface area (Å²) in [7, 11) is -3.50. The van der Waals surface area contributed by atoms with Gasteiger partial charge >= 0.3 is 0 Å². The first-order valence-corrected chi connectivity index (χ1v) is 9.21. The molecular formula is C16H17ClN2O3S. The summed E-state index contributed by atoms with van der Waals surface area (Å²) in [5.41, 5.74) is 0. The van der Waals surface area contributed by atoms with Crippen molar-refractivity contribution in [3.8, 4) is 5.88 Å². The number of halogens is 1. The molecule has 0 aliphatic carbocycles. The standard InChI is InChI=1S/C16H17ClN2O3S/c17-13-4-3-5-15(12-13)23(20,21)19-10-7-14(8-11-19)22-16-6-1-2-9-18-16/h1-6,9,12,14H,7-8,10-11H2. The molecule has 2 aromatic rings. The van der Waals surface area contributed by atoms with Gasteiger partial charge in [-0.05, 0) is 37.1 Å². The van der Waals surface area contributed by atoms with Crippen LogP contribution < -0.4 is 4.74 Å². The molecule has 1 aromatic heterocycles. The summed E-state index contributed by atoms with van der Waals surface area (Å²) < 4.78 is 32.5. The van der Waals surface area contributed by atoms with Crippen LogP contribution in [-0.2, 0) is 10.0 Å². The number of benzene rings is 1. The second kappa shape index (κ2) is 6.86. The second-order valence-corrected chi connectivity index (χ2v) is 7.72. The minimum atomic E-state index is -3.50. The first-order chi connectivity index (χ1) is 11.1. The summed E-state index contributed by atoms with van der Waals surface area (Å²) in [6.45, 7) is 0.846. The van der Waals surface area contributed by atoms with Crippen LogP contribution >= 0.6 is 11.6 Å². The van der Waals surface area contributed by atoms with Crippen LogP contribution in [0.4, 0.5) is 0 Å². The maximum Gasteiger partial charge on any atom is 0.243 e. The van der Waals surface area contributed by atoms with Gasteiger partial charge in [-0.25, -0.2) is 13.4 Å². The zero-order chi connectivity index (χ0) is 16.3. The van der Waals surface area contributed by atoms with E-state index in [4.69, 9.17) is 16.3 Å². The normalized spacial score (nSPS) is 17.1. The van der Waals surface area contributed by atoms with Crippen molar-refractivity contribution in [1.82, 2.24) is 9.29 Å². The Morgan fingerprint density at radius 1 is 1.13 bits per heavy atom. The molecule has 1 fully saturated rings. The van der Waals surface area contributed by atoms with Crippen molar-refractivity contribution >= 4 is 21.6 Å². The van der Waals surface area contributed by atoms with Crippen LogP contribution in [-0.4, -0.2) is 36.9 Å². The largest absolute Gasteiger partial charge is 0.474 e. The molecule has 0 bridgehead atoms. The highest BCUT2D eigenvalue weighted by atomic mass is 35.5. The van der Waals surface area contributed by atoms with E-state index in [0.29, 0.717) is 36.8 Å². The summed E-state index contributed by atoms with van der Waals surface area (Å²) in [4.78, 5) is 4.36. The predicted octanol–water partition coefficient (Wildman–Crippen LogP) is 2.97. The first kappa shape index (κ1) is 16.2. The third-order valence-electron chi connectivity index (χ3n) is 3.76. The third kappa shape index (κ3) is 3.83. The molecule has 1 saturated heterocycles. The van der Waals surface area contributed by atoms with E-state index < -0.39 is 10.0 Å². The van der Waals surface area contributed by atoms with Crippen LogP contribution in [0.15, 0.2) is 53.6 Å². The Balaban J connectivity index is 1.64. The van der Waals surface area contributed by atoms with E-state index >= 15 is 0 Å². The maximum absolute atomic E-state index is 12.6. The van der Waals surface area contributed by atoms with E-state index in [1.54, 1.807) is 30.5 Å². The van der Waals surface area contributed by atoms with Gasteiger partial charge in [-0.2, -0.15) is 4.31 Å². The molecule has 0 amide bonds. The lowest BCUT2D eigenvalue weighted by Gasteiger charge is -2.31. The number of ether oxygens (including phenoxy) is 1. The summed E-state index contributed by atoms with van der Waals surface area (Å²) in [5, 5.41) is 0.416. The van der Waals surface area contributed by atoms with E-state index in [9.17, 15) is 8.42 Å². The smallest absolute Gasteiger partial charge is 0.243 e. The molecule has 0 saturated carbocycles. The van der Waals surface area contributed by atoms with Gasteiger partial charge in [0.25, 0.3) is 0 Å². The highest BCUT2D eigenvalue weighted by Crippen LogP contribution is 2.24. The fourth-order valence-electron chi connectivity index (χ4n) is 2.55. The number of piperidine rings is 1. The molecule has 0 N–H and O–H groups in total. The Morgan fingerprint density at radius 2 is 1.91 bits per heavy atom. The number of hydrogen-bond donors (Lipinski definition) is 0. The first-order valence-electron chi connectivity index (χ1n) is 7.39. The van der Waals surface area contributed by atoms with Crippen molar-refractivity contribution < 1.29 is 13.2 Å². The monoisotopic (exact) mass is 352 g/mol. The molecule has 7 heteroatoms. The Morgan fingerprint density at radius 3 is 2.57 bits per heavy atom. The minimum absolute atomic E-state index is 0.0179. The summed E-state index contributed by atoms with van der Waals surface area (Å²) in [6.07, 6.45) is 2.93. The van der Waals surface area contributed by atoms with Crippen molar-refractivity contribution in [2.45, 2.75) is 23.8 Å². The van der Waals surface area contributed by atoms with Gasteiger partial charge in [0.05, 0.1) is 4.90 Å². The average Bonchev–Trinajstić information content (AvgIpc) is 2.56. The van der Waals surface area contributed by atoms with Crippen LogP contribution in [0.1, 0.15) is 12.8 Å². The van der Waals surface area contributed by atoms with Gasteiger partial charge in [0, 0.05) is 30.4 Å². The van der Waals surface area contributed by atoms with Crippen LogP contribution in [0.5, 0.6) is 5.88 Å². The lowest BCUT2D eigenvalue weighted by Crippen LogP contribution is -2.41. The van der Waals surface area contributed by atoms with Gasteiger partial charge in [0.2, 0.25) is 15.9 Å². The Labute approximate surface area is 140 Å². The van der Waals surface area contributed by atoms with Crippen molar-refractivity contribution in [2.24, 2.45) is 0 Å². The van der Waals surface area contributed by atoms with Crippen molar-refractivity contribution in [1.29, 1.82) is 0 Å². The number of sulfonamides is 1. The molecule has 23 heavy (non-hydrogen) atoms. The molecule has 0 spiro atoms. The van der Waals surface area contributed by atoms with E-state index in [1.165, 1.54) is 10.4 Å². The molecule has 0 radical (unpaired) electrons. The number of rotatable bonds is 4. The van der Waals surface area contributed by atoms with Crippen molar-refractivity contribution in [3.05, 3.63) is 53.7 Å². The third-order valence-corrected chi connectivity index (χ3v) is 5.89. The molecule has 1 aliphatic heterocycles. The molecule has 5 nitrogen and oxygen atoms in total. The summed E-state index contributed by atoms with van der Waals surface area (Å²) in [6, 6.07) is 11.8. The van der Waals surface area contributed by atoms with Gasteiger partial charge in [0.1, 0.15) is 6.10 Å². The lowest BCUT2D eigenvalue weighted by molar-refractivity contribution is 0.130. The fourth-order valence-corrected chi connectivity index (χ4v) is 4.33. The van der Waals surface area contributed by atoms with Crippen molar-refractivity contribution in [2.75, 3.05) is 13.1 Å². The molecule has 0 atom stereocenters. The Bertz CT molecular complexity index is 760. The molecule has 1 aliphatic rings. The SMILES string of the molecule is O=S(=O)(c1cccc(Cl)c1)N1CCC(Oc2ccccn2)CC1. The quantitative estimate of drug-likeness (QED) is 0.848. The van der Waals surface area contributed by atoms with Crippen LogP contribution in [0.25, 0.3) is 0 Å². The van der Waals surface area contributed by atoms with Crippen LogP contribution in [0.2, 0.25) is 5.02 Å². The Hall–Kier alpha value is -1.63. The van der Waals surface area contributed by atoms with Crippen LogP contribution in [0.3, 0.4) is 0 Å². The highest BCUT2D eigenvalue weighted by Gasteiger charge is 2.30. The lowest BCUT2D eigenvalue weighted by atomic mass is 10.1. The van der Waals surface area contributed by atoms with E-state index in [2.05, 4.69) is 4.98 Å². The molecule has 0 unspecified atom stereocenters. The number of pyridine rings is 1. The van der Waals surface area contributed by atoms with Crippen molar-refractivity contribution in [3.63, 3.8) is 0 Å². The predicted molar refractivity (Wildman–Crippen MR) is 88.1 cm³/mol. The summed E-state index contributed by atoms with van der Waals surface area (Å²) in [5.74, 6) is 0.573. The van der Waals surface area contributed by atoms with Gasteiger partial charge in [-0.15, -0.1) is 0 Å². The molecule has 3 rings (SSSR count). The Kier molecular flexibility index (Phi) is 4.84. The number of hydrogen-bond acceptors (Lipinski definition) is 4. The molecule has 2 heterocycles. The van der Waals surface area contributed by atoms with Gasteiger partial charge < -0.3 is 4.74 Å². The number of nitrogens with zero attached hydrogens (tertiary/aromatic N) is 2. The number of aromatic nitrogens is 1. The minimum Gasteiger partial charge on any atom is -0.474 e. The molecule has 1 aromatic carbocycles. The van der Waals surface area contributed by atoms with Gasteiger partial charge in [0.15, 0.2) is 0 Å². The van der Waals surface area contributed by atoms with Crippen LogP contribution in [0, 0.1) is 0 Å². The molecule has 122 valence electrons. The average molecular weight is 353 g/mol. The van der Waals surface area contributed by atoms with E-state index in [0.717, 1.165) is 0 Å². The van der Waals surface area contributed by atoms with E-state index in [-0.39, 0.29) is 11.0 Å². The second-order valence-electron chi connectivity index (χ2n) is 5.35. The zero-order valence-electron chi connectivity index (χ0n) is 12.4.